The van der Waals surface area contributed by atoms with Crippen LogP contribution in [0.2, 0.25) is 0 Å². The van der Waals surface area contributed by atoms with Gasteiger partial charge in [-0.2, -0.15) is 5.10 Å². The minimum absolute atomic E-state index is 0.0681. The fraction of sp³-hybridized carbons (Fsp3) is 0.278. The Hall–Kier alpha value is -2.67. The van der Waals surface area contributed by atoms with E-state index in [1.807, 2.05) is 36.7 Å². The third kappa shape index (κ3) is 4.06. The molecule has 0 radical (unpaired) electrons. The van der Waals surface area contributed by atoms with Gasteiger partial charge in [-0.25, -0.2) is 4.79 Å². The first-order valence-electron chi connectivity index (χ1n) is 7.94. The van der Waals surface area contributed by atoms with Crippen molar-refractivity contribution in [2.24, 2.45) is 7.05 Å². The molecule has 0 aliphatic rings. The zero-order valence-corrected chi connectivity index (χ0v) is 15.5. The first-order chi connectivity index (χ1) is 11.8. The van der Waals surface area contributed by atoms with E-state index in [1.54, 1.807) is 17.1 Å². The Labute approximate surface area is 150 Å². The van der Waals surface area contributed by atoms with E-state index >= 15 is 0 Å². The van der Waals surface area contributed by atoms with Gasteiger partial charge in [0, 0.05) is 36.3 Å². The van der Waals surface area contributed by atoms with Crippen LogP contribution in [0, 0.1) is 0 Å². The number of nitrogens with one attached hydrogen (secondary N) is 2. The van der Waals surface area contributed by atoms with Gasteiger partial charge in [0.15, 0.2) is 0 Å². The number of nitrogens with zero attached hydrogens (tertiary/aromatic N) is 3. The van der Waals surface area contributed by atoms with Crippen LogP contribution in [0.1, 0.15) is 26.5 Å². The third-order valence-corrected chi connectivity index (χ3v) is 4.59. The summed E-state index contributed by atoms with van der Waals surface area (Å²) in [7, 11) is 1.82. The molecule has 6 nitrogen and oxygen atoms in total. The Bertz CT molecular complexity index is 877. The summed E-state index contributed by atoms with van der Waals surface area (Å²) in [5.41, 5.74) is 2.99. The van der Waals surface area contributed by atoms with Crippen LogP contribution in [0.25, 0.3) is 11.1 Å². The minimum Gasteiger partial charge on any atom is -0.299 e. The first-order valence-corrected chi connectivity index (χ1v) is 8.82. The van der Waals surface area contributed by atoms with Gasteiger partial charge in [-0.05, 0) is 29.3 Å². The maximum absolute atomic E-state index is 12.3. The van der Waals surface area contributed by atoms with Gasteiger partial charge in [0.2, 0.25) is 0 Å². The van der Waals surface area contributed by atoms with E-state index in [-0.39, 0.29) is 11.4 Å². The lowest BCUT2D eigenvalue weighted by molar-refractivity contribution is 0.262. The molecule has 0 atom stereocenters. The van der Waals surface area contributed by atoms with Crippen LogP contribution in [0.4, 0.5) is 15.6 Å². The number of carbonyl (C=O) groups is 1. The van der Waals surface area contributed by atoms with Crippen molar-refractivity contribution in [3.05, 3.63) is 47.7 Å². The van der Waals surface area contributed by atoms with Crippen LogP contribution in [-0.2, 0) is 12.5 Å². The molecule has 3 aromatic rings. The van der Waals surface area contributed by atoms with Crippen LogP contribution in [0.3, 0.4) is 0 Å². The molecule has 0 unspecified atom stereocenters. The Kier molecular flexibility index (Phi) is 4.59. The summed E-state index contributed by atoms with van der Waals surface area (Å²) in [6.07, 6.45) is 3.50. The predicted molar refractivity (Wildman–Crippen MR) is 102 cm³/mol. The normalized spacial score (nSPS) is 11.4. The van der Waals surface area contributed by atoms with Crippen molar-refractivity contribution in [3.63, 3.8) is 0 Å². The van der Waals surface area contributed by atoms with Crippen LogP contribution in [0.15, 0.2) is 42.0 Å². The van der Waals surface area contributed by atoms with E-state index in [0.29, 0.717) is 5.82 Å². The second kappa shape index (κ2) is 6.68. The van der Waals surface area contributed by atoms with Gasteiger partial charge in [0.05, 0.1) is 10.7 Å². The largest absolute Gasteiger partial charge is 0.325 e. The highest BCUT2D eigenvalue weighted by atomic mass is 32.1. The molecule has 0 aliphatic carbocycles. The summed E-state index contributed by atoms with van der Waals surface area (Å²) in [6, 6.07) is 7.44. The van der Waals surface area contributed by atoms with Crippen molar-refractivity contribution in [1.29, 1.82) is 0 Å². The fourth-order valence-corrected chi connectivity index (χ4v) is 3.11. The highest BCUT2D eigenvalue weighted by molar-refractivity contribution is 7.14. The van der Waals surface area contributed by atoms with Crippen LogP contribution in [0.5, 0.6) is 0 Å². The van der Waals surface area contributed by atoms with Crippen molar-refractivity contribution in [2.75, 3.05) is 10.6 Å². The summed E-state index contributed by atoms with van der Waals surface area (Å²) in [5, 5.41) is 13.0. The van der Waals surface area contributed by atoms with Crippen molar-refractivity contribution in [1.82, 2.24) is 14.8 Å². The molecule has 2 N–H and O–H groups in total. The molecule has 0 saturated heterocycles. The number of thiophene rings is 1. The zero-order chi connectivity index (χ0) is 18.0. The molecule has 3 heterocycles. The van der Waals surface area contributed by atoms with Gasteiger partial charge in [0.1, 0.15) is 5.82 Å². The number of urea groups is 1. The Morgan fingerprint density at radius 2 is 1.84 bits per heavy atom. The van der Waals surface area contributed by atoms with E-state index in [4.69, 9.17) is 0 Å². The average Bonchev–Trinajstić information content (AvgIpc) is 3.15. The van der Waals surface area contributed by atoms with Crippen molar-refractivity contribution < 1.29 is 4.79 Å². The predicted octanol–water partition coefficient (Wildman–Crippen LogP) is 4.49. The second-order valence-corrected chi connectivity index (χ2v) is 7.71. The summed E-state index contributed by atoms with van der Waals surface area (Å²) < 4.78 is 1.68. The van der Waals surface area contributed by atoms with Crippen LogP contribution < -0.4 is 10.6 Å². The summed E-state index contributed by atoms with van der Waals surface area (Å²) in [6.45, 7) is 6.27. The number of amides is 2. The number of aryl methyl sites for hydroxylation is 1. The maximum atomic E-state index is 12.3. The summed E-state index contributed by atoms with van der Waals surface area (Å²) in [5.74, 6) is 0.660. The Morgan fingerprint density at radius 3 is 2.48 bits per heavy atom. The smallest absolute Gasteiger partial charge is 0.299 e. The highest BCUT2D eigenvalue weighted by Gasteiger charge is 2.19. The summed E-state index contributed by atoms with van der Waals surface area (Å²) >= 11 is 1.48. The molecule has 0 spiro atoms. The van der Waals surface area contributed by atoms with Crippen LogP contribution in [-0.4, -0.2) is 20.8 Å². The van der Waals surface area contributed by atoms with Crippen molar-refractivity contribution in [2.45, 2.75) is 26.2 Å². The molecule has 0 aromatic carbocycles. The molecule has 3 rings (SSSR count). The molecular formula is C18H21N5OS. The SMILES string of the molecule is Cn1nc(C(C)(C)C)cc1NC(=O)Nc1cc(-c2ccncc2)cs1. The van der Waals surface area contributed by atoms with E-state index in [0.717, 1.165) is 21.8 Å². The van der Waals surface area contributed by atoms with Gasteiger partial charge >= 0.3 is 6.03 Å². The minimum atomic E-state index is -0.286. The monoisotopic (exact) mass is 355 g/mol. The standard InChI is InChI=1S/C18H21N5OS/c1-18(2,3)14-10-15(23(4)22-14)20-17(24)21-16-9-13(11-25-16)12-5-7-19-8-6-12/h5-11H,1-4H3,(H2,20,21,24). The second-order valence-electron chi connectivity index (χ2n) is 6.80. The number of hydrogen-bond donors (Lipinski definition) is 2. The van der Waals surface area contributed by atoms with Gasteiger partial charge in [-0.15, -0.1) is 11.3 Å². The molecule has 0 bridgehead atoms. The lowest BCUT2D eigenvalue weighted by Gasteiger charge is -2.13. The van der Waals surface area contributed by atoms with E-state index < -0.39 is 0 Å². The van der Waals surface area contributed by atoms with E-state index in [2.05, 4.69) is 41.5 Å². The van der Waals surface area contributed by atoms with Gasteiger partial charge < -0.3 is 0 Å². The number of aromatic nitrogens is 3. The molecule has 25 heavy (non-hydrogen) atoms. The number of rotatable bonds is 3. The van der Waals surface area contributed by atoms with Gasteiger partial charge in [-0.3, -0.25) is 20.3 Å². The molecule has 7 heteroatoms. The number of hydrogen-bond acceptors (Lipinski definition) is 4. The Balaban J connectivity index is 1.68. The molecule has 2 amide bonds. The molecule has 0 fully saturated rings. The fourth-order valence-electron chi connectivity index (χ4n) is 2.31. The molecule has 3 aromatic heterocycles. The molecular weight excluding hydrogens is 334 g/mol. The average molecular weight is 355 g/mol. The lowest BCUT2D eigenvalue weighted by atomic mass is 9.92. The molecule has 130 valence electrons. The van der Waals surface area contributed by atoms with E-state index in [1.165, 1.54) is 11.3 Å². The lowest BCUT2D eigenvalue weighted by Crippen LogP contribution is -2.20. The Morgan fingerprint density at radius 1 is 1.12 bits per heavy atom. The number of carbonyl (C=O) groups excluding carboxylic acids is 1. The van der Waals surface area contributed by atoms with Gasteiger partial charge in [-0.1, -0.05) is 20.8 Å². The van der Waals surface area contributed by atoms with Crippen molar-refractivity contribution in [3.8, 4) is 11.1 Å². The quantitative estimate of drug-likeness (QED) is 0.727. The van der Waals surface area contributed by atoms with Gasteiger partial charge in [0.25, 0.3) is 0 Å². The first kappa shape index (κ1) is 17.2. The van der Waals surface area contributed by atoms with Crippen LogP contribution >= 0.6 is 11.3 Å². The zero-order valence-electron chi connectivity index (χ0n) is 14.7. The number of anilines is 2. The van der Waals surface area contributed by atoms with Crippen molar-refractivity contribution >= 4 is 28.2 Å². The molecule has 0 saturated carbocycles. The van der Waals surface area contributed by atoms with E-state index in [9.17, 15) is 4.79 Å². The maximum Gasteiger partial charge on any atom is 0.325 e. The third-order valence-electron chi connectivity index (χ3n) is 3.74. The highest BCUT2D eigenvalue weighted by Crippen LogP contribution is 2.29. The summed E-state index contributed by atoms with van der Waals surface area (Å²) in [4.78, 5) is 16.3. The number of pyridine rings is 1. The topological polar surface area (TPSA) is 71.8 Å². The molecule has 0 aliphatic heterocycles.